The molecule has 1 heterocycles. The molecule has 1 amide bonds. The number of rotatable bonds is 10. The van der Waals surface area contributed by atoms with E-state index in [4.69, 9.17) is 16.8 Å². The van der Waals surface area contributed by atoms with Crippen LogP contribution in [0.5, 0.6) is 0 Å². The summed E-state index contributed by atoms with van der Waals surface area (Å²) in [6, 6.07) is 5.14. The highest BCUT2D eigenvalue weighted by Crippen LogP contribution is 2.36. The number of benzene rings is 1. The van der Waals surface area contributed by atoms with Gasteiger partial charge in [0.1, 0.15) is 5.78 Å². The molecule has 1 aliphatic heterocycles. The van der Waals surface area contributed by atoms with Gasteiger partial charge in [-0.05, 0) is 50.1 Å². The van der Waals surface area contributed by atoms with Crippen molar-refractivity contribution in [3.8, 4) is 0 Å². The molecule has 2 N–H and O–H groups in total. The van der Waals surface area contributed by atoms with Crippen molar-refractivity contribution in [2.75, 3.05) is 5.01 Å². The highest BCUT2D eigenvalue weighted by molar-refractivity contribution is 7.85. The number of Topliss-reactive ketones (excluding diaryl/α,β-unsaturated/α-hetero) is 1. The van der Waals surface area contributed by atoms with E-state index in [0.29, 0.717) is 28.3 Å². The van der Waals surface area contributed by atoms with Crippen LogP contribution in [0.3, 0.4) is 0 Å². The van der Waals surface area contributed by atoms with Gasteiger partial charge in [0, 0.05) is 10.8 Å². The molecule has 8 nitrogen and oxygen atoms in total. The summed E-state index contributed by atoms with van der Waals surface area (Å²) in [7, 11) is -4.35. The van der Waals surface area contributed by atoms with E-state index in [1.165, 1.54) is 24.3 Å². The minimum absolute atomic E-state index is 0.0722. The van der Waals surface area contributed by atoms with E-state index < -0.39 is 28.0 Å². The Balaban J connectivity index is 1.81. The molecule has 4 atom stereocenters. The van der Waals surface area contributed by atoms with E-state index in [1.54, 1.807) is 25.2 Å². The largest absolute Gasteiger partial charge is 0.391 e. The van der Waals surface area contributed by atoms with Gasteiger partial charge in [0.2, 0.25) is 0 Å². The van der Waals surface area contributed by atoms with E-state index >= 15 is 0 Å². The predicted molar refractivity (Wildman–Crippen MR) is 147 cm³/mol. The number of carbonyl (C=O) groups is 2. The zero-order valence-electron chi connectivity index (χ0n) is 21.3. The van der Waals surface area contributed by atoms with Crippen LogP contribution in [0.15, 0.2) is 58.1 Å². The number of aliphatic hydroxyl groups is 1. The summed E-state index contributed by atoms with van der Waals surface area (Å²) in [6.07, 6.45) is 9.11. The van der Waals surface area contributed by atoms with Gasteiger partial charge in [0.05, 0.1) is 39.8 Å². The molecular formula is C27H34N2O6S2. The van der Waals surface area contributed by atoms with Crippen molar-refractivity contribution in [2.24, 2.45) is 22.9 Å². The van der Waals surface area contributed by atoms with Crippen LogP contribution in [0, 0.1) is 17.8 Å². The number of thiocarbonyl (C=S) groups is 1. The van der Waals surface area contributed by atoms with E-state index in [9.17, 15) is 23.1 Å². The fourth-order valence-corrected chi connectivity index (χ4v) is 5.74. The summed E-state index contributed by atoms with van der Waals surface area (Å²) in [5, 5.41) is 16.5. The Hall–Kier alpha value is -2.53. The highest BCUT2D eigenvalue weighted by atomic mass is 32.2. The molecule has 10 heteroatoms. The first-order valence-electron chi connectivity index (χ1n) is 12.6. The van der Waals surface area contributed by atoms with Gasteiger partial charge in [0.25, 0.3) is 16.0 Å². The number of hydrogen-bond donors (Lipinski definition) is 2. The quantitative estimate of drug-likeness (QED) is 0.248. The lowest BCUT2D eigenvalue weighted by molar-refractivity contribution is -0.129. The summed E-state index contributed by atoms with van der Waals surface area (Å²) in [5.74, 6) is -1.75. The molecule has 1 fully saturated rings. The maximum absolute atomic E-state index is 13.3. The maximum Gasteiger partial charge on any atom is 0.294 e. The fourth-order valence-electron chi connectivity index (χ4n) is 4.77. The molecule has 1 aliphatic carbocycles. The third-order valence-corrected chi connectivity index (χ3v) is 8.35. The topological polar surface area (TPSA) is 124 Å². The number of unbranched alkanes of at least 4 members (excludes halogenated alkanes) is 2. The first kappa shape index (κ1) is 29.0. The van der Waals surface area contributed by atoms with Crippen LogP contribution in [0.25, 0.3) is 0 Å². The van der Waals surface area contributed by atoms with Crippen LogP contribution in [-0.2, 0) is 19.7 Å². The second kappa shape index (κ2) is 12.3. The van der Waals surface area contributed by atoms with Gasteiger partial charge in [-0.3, -0.25) is 14.1 Å². The van der Waals surface area contributed by atoms with E-state index in [1.807, 2.05) is 0 Å². The predicted octanol–water partition coefficient (Wildman–Crippen LogP) is 4.68. The number of hydrogen-bond acceptors (Lipinski definition) is 7. The standard InChI is InChI=1S/C27H34N2O6S2/c1-4-6-9-22-24(30)21(25(31)23(26(22)36)10-7-5-2)12-8-11-20-17(3)28-29(27(20)32)18-13-15-19(16-14-18)37(33,34)35/h8,11-16,21-24,30H,4-7,9-10H2,1-3H3,(H,33,34,35). The Morgan fingerprint density at radius 1 is 1.08 bits per heavy atom. The normalized spacial score (nSPS) is 26.0. The molecule has 200 valence electrons. The Morgan fingerprint density at radius 3 is 2.30 bits per heavy atom. The molecular weight excluding hydrogens is 512 g/mol. The number of ketones is 1. The maximum atomic E-state index is 13.3. The van der Waals surface area contributed by atoms with Gasteiger partial charge in [-0.15, -0.1) is 0 Å². The molecule has 0 aromatic heterocycles. The van der Waals surface area contributed by atoms with Crippen LogP contribution >= 0.6 is 12.2 Å². The fraction of sp³-hybridized carbons (Fsp3) is 0.481. The van der Waals surface area contributed by atoms with Crippen LogP contribution in [0.4, 0.5) is 5.69 Å². The average molecular weight is 547 g/mol. The van der Waals surface area contributed by atoms with Crippen molar-refractivity contribution in [2.45, 2.75) is 70.3 Å². The highest BCUT2D eigenvalue weighted by Gasteiger charge is 2.44. The van der Waals surface area contributed by atoms with Crippen molar-refractivity contribution >= 4 is 50.3 Å². The summed E-state index contributed by atoms with van der Waals surface area (Å²) >= 11 is 5.67. The van der Waals surface area contributed by atoms with Crippen molar-refractivity contribution in [3.63, 3.8) is 0 Å². The van der Waals surface area contributed by atoms with Crippen LogP contribution in [-0.4, -0.2) is 46.4 Å². The number of hydrazone groups is 1. The molecule has 0 spiro atoms. The first-order chi connectivity index (χ1) is 17.5. The number of anilines is 1. The monoisotopic (exact) mass is 546 g/mol. The van der Waals surface area contributed by atoms with Crippen molar-refractivity contribution in [1.29, 1.82) is 0 Å². The van der Waals surface area contributed by atoms with Crippen molar-refractivity contribution < 1.29 is 27.7 Å². The average Bonchev–Trinajstić information content (AvgIpc) is 3.14. The molecule has 1 aromatic rings. The number of allylic oxidation sites excluding steroid dienone is 2. The molecule has 0 saturated heterocycles. The van der Waals surface area contributed by atoms with E-state index in [2.05, 4.69) is 18.9 Å². The van der Waals surface area contributed by atoms with E-state index in [0.717, 1.165) is 37.1 Å². The second-order valence-electron chi connectivity index (χ2n) is 9.50. The van der Waals surface area contributed by atoms with Crippen LogP contribution in [0.1, 0.15) is 59.3 Å². The molecule has 0 bridgehead atoms. The van der Waals surface area contributed by atoms with Gasteiger partial charge < -0.3 is 5.11 Å². The third-order valence-electron chi connectivity index (χ3n) is 6.90. The van der Waals surface area contributed by atoms with Gasteiger partial charge in [-0.2, -0.15) is 18.5 Å². The van der Waals surface area contributed by atoms with Gasteiger partial charge in [-0.1, -0.05) is 63.9 Å². The van der Waals surface area contributed by atoms with E-state index in [-0.39, 0.29) is 22.5 Å². The Labute approximate surface area is 223 Å². The zero-order chi connectivity index (χ0) is 27.3. The molecule has 1 saturated carbocycles. The minimum atomic E-state index is -4.35. The summed E-state index contributed by atoms with van der Waals surface area (Å²) in [6.45, 7) is 5.82. The first-order valence-corrected chi connectivity index (χ1v) is 14.5. The second-order valence-corrected chi connectivity index (χ2v) is 11.4. The summed E-state index contributed by atoms with van der Waals surface area (Å²) in [5.41, 5.74) is 1.10. The Bertz CT molecular complexity index is 1230. The molecule has 37 heavy (non-hydrogen) atoms. The number of nitrogens with zero attached hydrogens (tertiary/aromatic N) is 2. The zero-order valence-corrected chi connectivity index (χ0v) is 23.0. The smallest absolute Gasteiger partial charge is 0.294 e. The van der Waals surface area contributed by atoms with Crippen LogP contribution in [0.2, 0.25) is 0 Å². The SMILES string of the molecule is CCCCC1C(=O)C(C=CC=C2C(=O)N(c3ccc(S(=O)(=O)O)cc3)N=C2C)C(O)C(CCCC)C1=S. The lowest BCUT2D eigenvalue weighted by Crippen LogP contribution is -2.49. The van der Waals surface area contributed by atoms with Gasteiger partial charge >= 0.3 is 0 Å². The number of carbonyl (C=O) groups excluding carboxylic acids is 2. The van der Waals surface area contributed by atoms with Crippen LogP contribution < -0.4 is 5.01 Å². The summed E-state index contributed by atoms with van der Waals surface area (Å²) < 4.78 is 31.7. The minimum Gasteiger partial charge on any atom is -0.391 e. The summed E-state index contributed by atoms with van der Waals surface area (Å²) in [4.78, 5) is 26.7. The molecule has 2 aliphatic rings. The number of amides is 1. The third kappa shape index (κ3) is 6.49. The molecule has 3 rings (SSSR count). The number of aliphatic hydroxyl groups excluding tert-OH is 1. The molecule has 1 aromatic carbocycles. The van der Waals surface area contributed by atoms with Crippen molar-refractivity contribution in [3.05, 3.63) is 48.1 Å². The van der Waals surface area contributed by atoms with Gasteiger partial charge in [0.15, 0.2) is 0 Å². The lowest BCUT2D eigenvalue weighted by Gasteiger charge is -2.38. The Morgan fingerprint density at radius 2 is 1.70 bits per heavy atom. The molecule has 4 unspecified atom stereocenters. The molecule has 0 radical (unpaired) electrons. The van der Waals surface area contributed by atoms with Crippen molar-refractivity contribution in [1.82, 2.24) is 0 Å². The lowest BCUT2D eigenvalue weighted by atomic mass is 9.69. The Kier molecular flexibility index (Phi) is 9.68. The van der Waals surface area contributed by atoms with Gasteiger partial charge in [-0.25, -0.2) is 0 Å².